The van der Waals surface area contributed by atoms with Crippen molar-refractivity contribution in [1.82, 2.24) is 10.2 Å². The predicted octanol–water partition coefficient (Wildman–Crippen LogP) is 4.52. The van der Waals surface area contributed by atoms with Crippen molar-refractivity contribution in [1.29, 1.82) is 0 Å². The summed E-state index contributed by atoms with van der Waals surface area (Å²) in [6, 6.07) is 13.4. The molecule has 2 aromatic carbocycles. The van der Waals surface area contributed by atoms with Crippen molar-refractivity contribution in [2.45, 2.75) is 38.3 Å². The first-order valence-corrected chi connectivity index (χ1v) is 10.1. The molecule has 0 aromatic heterocycles. The Morgan fingerprint density at radius 1 is 1.15 bits per heavy atom. The highest BCUT2D eigenvalue weighted by Gasteiger charge is 2.30. The topological polar surface area (TPSA) is 52.6 Å². The number of carbonyl (C=O) groups excluding carboxylic acids is 1. The Morgan fingerprint density at radius 3 is 2.63 bits per heavy atom. The van der Waals surface area contributed by atoms with E-state index in [0.717, 1.165) is 38.4 Å². The van der Waals surface area contributed by atoms with Crippen LogP contribution in [0.1, 0.15) is 53.2 Å². The zero-order valence-electron chi connectivity index (χ0n) is 15.3. The second kappa shape index (κ2) is 7.91. The van der Waals surface area contributed by atoms with E-state index in [-0.39, 0.29) is 22.7 Å². The molecule has 2 N–H and O–H groups in total. The number of benzene rings is 2. The van der Waals surface area contributed by atoms with Gasteiger partial charge in [-0.3, -0.25) is 4.79 Å². The molecule has 0 bridgehead atoms. The van der Waals surface area contributed by atoms with Gasteiger partial charge in [0.15, 0.2) is 0 Å². The fourth-order valence-corrected chi connectivity index (χ4v) is 3.94. The smallest absolute Gasteiger partial charge is 0.254 e. The molecule has 1 amide bonds. The quantitative estimate of drug-likeness (QED) is 0.769. The van der Waals surface area contributed by atoms with Gasteiger partial charge in [-0.05, 0) is 67.5 Å². The number of phenols is 1. The van der Waals surface area contributed by atoms with E-state index >= 15 is 0 Å². The molecule has 5 heteroatoms. The van der Waals surface area contributed by atoms with E-state index in [1.165, 1.54) is 30.0 Å². The first-order chi connectivity index (χ1) is 13.1. The largest absolute Gasteiger partial charge is 0.506 e. The minimum atomic E-state index is -0.0328. The van der Waals surface area contributed by atoms with Crippen LogP contribution in [0, 0.1) is 5.92 Å². The van der Waals surface area contributed by atoms with Gasteiger partial charge in [0.25, 0.3) is 5.91 Å². The Kier molecular flexibility index (Phi) is 5.37. The van der Waals surface area contributed by atoms with Crippen molar-refractivity contribution in [2.75, 3.05) is 13.1 Å². The number of amides is 1. The van der Waals surface area contributed by atoms with E-state index in [4.69, 9.17) is 11.6 Å². The van der Waals surface area contributed by atoms with Crippen LogP contribution < -0.4 is 5.32 Å². The van der Waals surface area contributed by atoms with Gasteiger partial charge >= 0.3 is 0 Å². The van der Waals surface area contributed by atoms with Gasteiger partial charge in [0.1, 0.15) is 5.75 Å². The zero-order chi connectivity index (χ0) is 18.8. The van der Waals surface area contributed by atoms with Crippen molar-refractivity contribution in [3.63, 3.8) is 0 Å². The van der Waals surface area contributed by atoms with Gasteiger partial charge < -0.3 is 15.3 Å². The molecule has 142 valence electrons. The molecule has 4 nitrogen and oxygen atoms in total. The van der Waals surface area contributed by atoms with Gasteiger partial charge in [-0.25, -0.2) is 0 Å². The number of rotatable bonds is 6. The fourth-order valence-electron chi connectivity index (χ4n) is 3.76. The lowest BCUT2D eigenvalue weighted by atomic mass is 10.0. The number of nitrogens with one attached hydrogen (secondary N) is 1. The van der Waals surface area contributed by atoms with E-state index in [1.807, 2.05) is 4.90 Å². The minimum Gasteiger partial charge on any atom is -0.506 e. The monoisotopic (exact) mass is 384 g/mol. The Labute approximate surface area is 165 Å². The van der Waals surface area contributed by atoms with Crippen LogP contribution in [0.2, 0.25) is 5.02 Å². The Hall–Kier alpha value is -2.04. The second-order valence-electron chi connectivity index (χ2n) is 7.64. The number of nitrogens with zero attached hydrogens (tertiary/aromatic N) is 1. The van der Waals surface area contributed by atoms with Crippen LogP contribution in [0.15, 0.2) is 42.5 Å². The fraction of sp³-hybridized carbons (Fsp3) is 0.409. The van der Waals surface area contributed by atoms with Crippen molar-refractivity contribution >= 4 is 17.5 Å². The maximum absolute atomic E-state index is 12.9. The third-order valence-electron chi connectivity index (χ3n) is 5.53. The summed E-state index contributed by atoms with van der Waals surface area (Å²) in [6.45, 7) is 2.75. The van der Waals surface area contributed by atoms with E-state index in [9.17, 15) is 9.90 Å². The molecule has 0 radical (unpaired) electrons. The Balaban J connectivity index is 1.43. The molecule has 1 saturated heterocycles. The van der Waals surface area contributed by atoms with Gasteiger partial charge in [0.05, 0.1) is 11.1 Å². The molecule has 4 rings (SSSR count). The van der Waals surface area contributed by atoms with Crippen molar-refractivity contribution in [3.05, 3.63) is 64.2 Å². The molecule has 1 saturated carbocycles. The Morgan fingerprint density at radius 2 is 1.93 bits per heavy atom. The van der Waals surface area contributed by atoms with Crippen LogP contribution in [-0.2, 0) is 6.54 Å². The number of hydrogen-bond donors (Lipinski definition) is 2. The number of aromatic hydroxyl groups is 1. The summed E-state index contributed by atoms with van der Waals surface area (Å²) in [4.78, 5) is 14.9. The Bertz CT molecular complexity index is 818. The molecule has 1 aliphatic heterocycles. The van der Waals surface area contributed by atoms with Crippen LogP contribution in [0.5, 0.6) is 5.75 Å². The second-order valence-corrected chi connectivity index (χ2v) is 8.05. The SMILES string of the molecule is O=C(c1ccc(O)c(Cl)c1)N1CCCC1c1ccc(CNCC2CC2)cc1. The standard InChI is InChI=1S/C22H25ClN2O2/c23-19-12-18(9-10-21(19)26)22(27)25-11-1-2-20(25)17-7-5-16(6-8-17)14-24-13-15-3-4-15/h5-10,12,15,20,24,26H,1-4,11,13-14H2. The number of hydrogen-bond acceptors (Lipinski definition) is 3. The van der Waals surface area contributed by atoms with E-state index < -0.39 is 0 Å². The van der Waals surface area contributed by atoms with Crippen LogP contribution in [0.25, 0.3) is 0 Å². The summed E-state index contributed by atoms with van der Waals surface area (Å²) in [5.74, 6) is 0.849. The lowest BCUT2D eigenvalue weighted by Gasteiger charge is -2.25. The highest BCUT2D eigenvalue weighted by molar-refractivity contribution is 6.32. The van der Waals surface area contributed by atoms with E-state index in [1.54, 1.807) is 12.1 Å². The summed E-state index contributed by atoms with van der Waals surface area (Å²) in [5.41, 5.74) is 2.97. The first-order valence-electron chi connectivity index (χ1n) is 9.71. The van der Waals surface area contributed by atoms with Crippen LogP contribution >= 0.6 is 11.6 Å². The van der Waals surface area contributed by atoms with Gasteiger partial charge in [-0.15, -0.1) is 0 Å². The molecule has 1 atom stereocenters. The highest BCUT2D eigenvalue weighted by Crippen LogP contribution is 2.34. The summed E-state index contributed by atoms with van der Waals surface area (Å²) >= 11 is 5.97. The van der Waals surface area contributed by atoms with Crippen molar-refractivity contribution < 1.29 is 9.90 Å². The third-order valence-corrected chi connectivity index (χ3v) is 5.83. The zero-order valence-corrected chi connectivity index (χ0v) is 16.1. The summed E-state index contributed by atoms with van der Waals surface area (Å²) in [7, 11) is 0. The van der Waals surface area contributed by atoms with Crippen LogP contribution in [0.3, 0.4) is 0 Å². The minimum absolute atomic E-state index is 0.00271. The summed E-state index contributed by atoms with van der Waals surface area (Å²) in [5, 5.41) is 13.3. The molecule has 1 aliphatic carbocycles. The number of phenolic OH excluding ortho intramolecular Hbond substituents is 1. The van der Waals surface area contributed by atoms with Gasteiger partial charge in [0, 0.05) is 18.7 Å². The third kappa shape index (κ3) is 4.28. The first kappa shape index (κ1) is 18.3. The molecule has 2 aromatic rings. The summed E-state index contributed by atoms with van der Waals surface area (Å²) < 4.78 is 0. The predicted molar refractivity (Wildman–Crippen MR) is 107 cm³/mol. The molecule has 0 spiro atoms. The normalized spacial score (nSPS) is 19.4. The molecular formula is C22H25ClN2O2. The number of carbonyl (C=O) groups is 1. The molecule has 1 heterocycles. The van der Waals surface area contributed by atoms with Gasteiger partial charge in [-0.1, -0.05) is 35.9 Å². The van der Waals surface area contributed by atoms with E-state index in [2.05, 4.69) is 29.6 Å². The molecular weight excluding hydrogens is 360 g/mol. The summed E-state index contributed by atoms with van der Waals surface area (Å²) in [6.07, 6.45) is 4.69. The maximum atomic E-state index is 12.9. The number of halogens is 1. The molecule has 1 unspecified atom stereocenters. The number of likely N-dealkylation sites (tertiary alicyclic amines) is 1. The average Bonchev–Trinajstić information content (AvgIpc) is 3.37. The molecule has 2 aliphatic rings. The van der Waals surface area contributed by atoms with Crippen molar-refractivity contribution in [2.24, 2.45) is 5.92 Å². The van der Waals surface area contributed by atoms with Crippen LogP contribution in [0.4, 0.5) is 0 Å². The lowest BCUT2D eigenvalue weighted by Crippen LogP contribution is -2.30. The molecule has 2 fully saturated rings. The van der Waals surface area contributed by atoms with Crippen LogP contribution in [-0.4, -0.2) is 29.0 Å². The highest BCUT2D eigenvalue weighted by atomic mass is 35.5. The van der Waals surface area contributed by atoms with E-state index in [0.29, 0.717) is 5.56 Å². The molecule has 27 heavy (non-hydrogen) atoms. The van der Waals surface area contributed by atoms with Gasteiger partial charge in [-0.2, -0.15) is 0 Å². The lowest BCUT2D eigenvalue weighted by molar-refractivity contribution is 0.0735. The average molecular weight is 385 g/mol. The maximum Gasteiger partial charge on any atom is 0.254 e. The van der Waals surface area contributed by atoms with Crippen molar-refractivity contribution in [3.8, 4) is 5.75 Å². The van der Waals surface area contributed by atoms with Gasteiger partial charge in [0.2, 0.25) is 0 Å².